The molecule has 0 rings (SSSR count). The van der Waals surface area contributed by atoms with E-state index in [-0.39, 0.29) is 0 Å². The van der Waals surface area contributed by atoms with Gasteiger partial charge >= 0.3 is 0 Å². The first-order valence-corrected chi connectivity index (χ1v) is 24.2. The molecule has 0 heteroatoms. The molecule has 394 valence electrons. The van der Waals surface area contributed by atoms with Gasteiger partial charge in [0.05, 0.1) is 0 Å². The van der Waals surface area contributed by atoms with Gasteiger partial charge in [0.2, 0.25) is 0 Å². The van der Waals surface area contributed by atoms with Crippen LogP contribution in [0.2, 0.25) is 0 Å². The highest BCUT2D eigenvalue weighted by Gasteiger charge is 1.66. The van der Waals surface area contributed by atoms with Crippen LogP contribution in [0.15, 0.2) is 0 Å². The Hall–Kier alpha value is -21.6. The molecule has 0 atom stereocenters. The van der Waals surface area contributed by atoms with E-state index in [0.717, 1.165) is 0 Å². The minimum absolute atomic E-state index is 1.87. The van der Waals surface area contributed by atoms with E-state index in [9.17, 15) is 0 Å². The molecule has 0 saturated carbocycles. The van der Waals surface area contributed by atoms with Crippen molar-refractivity contribution in [1.82, 2.24) is 0 Å². The van der Waals surface area contributed by atoms with Crippen LogP contribution in [0.4, 0.5) is 0 Å². The molecule has 0 amide bonds. The summed E-state index contributed by atoms with van der Waals surface area (Å²) in [6.45, 7) is 0. The molecule has 0 N–H and O–H groups in total. The second-order valence-electron chi connectivity index (χ2n) is 12.0. The minimum Gasteiger partial charge on any atom is -0.358 e. The summed E-state index contributed by atoms with van der Waals surface area (Å²) in [5.74, 6) is 237. The van der Waals surface area contributed by atoms with Crippen molar-refractivity contribution < 1.29 is 0 Å². The Morgan fingerprint density at radius 1 is 0.0510 bits per heavy atom. The largest absolute Gasteiger partial charge is 0.358 e. The Morgan fingerprint density at radius 2 is 0.0816 bits per heavy atom. The third-order valence-electron chi connectivity index (χ3n) is 5.94. The van der Waals surface area contributed by atoms with E-state index in [1.807, 2.05) is 11.8 Å². The van der Waals surface area contributed by atoms with Crippen LogP contribution >= 0.6 is 0 Å². The smallest absolute Gasteiger partial charge is 0 e. The third kappa shape index (κ3) is 74.4. The van der Waals surface area contributed by atoms with Crippen molar-refractivity contribution in [3.63, 3.8) is 0 Å². The van der Waals surface area contributed by atoms with Crippen LogP contribution in [0.5, 0.6) is 0 Å². The second-order valence-corrected chi connectivity index (χ2v) is 12.0. The molecule has 0 aromatic rings. The van der Waals surface area contributed by atoms with Crippen LogP contribution in [0, 0.1) is 581 Å². The van der Waals surface area contributed by atoms with E-state index in [0.29, 0.717) is 0 Å². The first-order valence-electron chi connectivity index (χ1n) is 24.2. The average molecular weight is 1180 g/mol. The first kappa shape index (κ1) is 76.4. The summed E-state index contributed by atoms with van der Waals surface area (Å²) in [5, 5.41) is 0. The summed E-state index contributed by atoms with van der Waals surface area (Å²) in [6, 6.07) is 0. The summed E-state index contributed by atoms with van der Waals surface area (Å²) in [4.78, 5) is 0. The molecule has 0 aliphatic rings. The Morgan fingerprint density at radius 3 is 0.112 bits per heavy atom. The van der Waals surface area contributed by atoms with Gasteiger partial charge in [0.25, 0.3) is 0 Å². The van der Waals surface area contributed by atoms with Crippen LogP contribution in [0.1, 0.15) is 0 Å². The van der Waals surface area contributed by atoms with Crippen molar-refractivity contribution in [3.05, 3.63) is 12.8 Å². The predicted octanol–water partition coefficient (Wildman–Crippen LogP) is 0.326. The molecule has 0 fully saturated rings. The van der Waals surface area contributed by atoms with Gasteiger partial charge in [-0.25, -0.2) is 11.8 Å². The zero-order valence-electron chi connectivity index (χ0n) is 49.0. The van der Waals surface area contributed by atoms with Gasteiger partial charge < -0.3 is 12.8 Å². The molecule has 0 unspecified atom stereocenters. The van der Waals surface area contributed by atoms with Crippen molar-refractivity contribution in [2.75, 3.05) is 0 Å². The fourth-order valence-corrected chi connectivity index (χ4v) is 2.94. The van der Waals surface area contributed by atoms with Crippen molar-refractivity contribution >= 4 is 0 Å². The van der Waals surface area contributed by atoms with Crippen LogP contribution in [-0.2, 0) is 0 Å². The zero-order valence-corrected chi connectivity index (χ0v) is 49.0. The summed E-state index contributed by atoms with van der Waals surface area (Å²) in [6.07, 6.45) is 13.2. The van der Waals surface area contributed by atoms with E-state index in [2.05, 4.69) is 557 Å². The molecule has 0 heterocycles. The topological polar surface area (TPSA) is 0 Å². The maximum atomic E-state index is 6.59. The highest BCUT2D eigenvalue weighted by molar-refractivity contribution is 5.55. The average Bonchev–Trinajstić information content (AvgIpc) is 3.63. The Balaban J connectivity index is 4.63. The summed E-state index contributed by atoms with van der Waals surface area (Å²) in [5.41, 5.74) is 0. The van der Waals surface area contributed by atoms with E-state index in [1.165, 1.54) is 0 Å². The van der Waals surface area contributed by atoms with Gasteiger partial charge in [0.1, 0.15) is 0 Å². The quantitative estimate of drug-likeness (QED) is 0.243. The minimum atomic E-state index is 1.87. The molecule has 0 radical (unpaired) electrons. The lowest BCUT2D eigenvalue weighted by Crippen LogP contribution is -1.57. The highest BCUT2D eigenvalue weighted by atomic mass is 13.7. The van der Waals surface area contributed by atoms with E-state index >= 15 is 0 Å². The van der Waals surface area contributed by atoms with Gasteiger partial charge in [-0.3, -0.25) is 11.8 Å². The zero-order chi connectivity index (χ0) is 69.9. The Labute approximate surface area is 577 Å². The number of rotatable bonds is 0. The first-order chi connectivity index (χ1) is 48.9. The molecular formula is C98-2. The molecule has 0 aliphatic carbocycles. The van der Waals surface area contributed by atoms with Crippen LogP contribution < -0.4 is 0 Å². The standard InChI is InChI=1S/C98/c1-3-5-7-9-11-13-15-17-19-21-23-25-27-29-31-33-35-37-39-41-43-45-47-49-51-53-55-57-59-61-63-65-67-69-71-73-75-77-79-81-83-85-87-89-91-93-95-97-98-96-94-92-90-88-86-84-82-80-78-76-74-72-70-68-66-64-62-60-58-56-54-52-50-48-46-44-42-40-38-36-34-32-30-28-26-24-22-20-18-16-14-12-10-8-6-4-2/q-2. The molecule has 0 aromatic carbocycles. The van der Waals surface area contributed by atoms with Gasteiger partial charge in [-0.1, -0.05) is 0 Å². The van der Waals surface area contributed by atoms with Gasteiger partial charge in [0, 0.05) is 438 Å². The van der Waals surface area contributed by atoms with Gasteiger partial charge in [0.15, 0.2) is 0 Å². The fraction of sp³-hybridized carbons (Fsp3) is 0. The van der Waals surface area contributed by atoms with Gasteiger partial charge in [-0.05, 0) is 94.7 Å². The normalized spacial score (nSPS) is 3.94. The van der Waals surface area contributed by atoms with Gasteiger partial charge in [-0.2, -0.15) is 0 Å². The second kappa shape index (κ2) is 75.4. The lowest BCUT2D eigenvalue weighted by Gasteiger charge is -1.63. The third-order valence-corrected chi connectivity index (χ3v) is 5.94. The van der Waals surface area contributed by atoms with Crippen LogP contribution in [0.3, 0.4) is 0 Å². The molecule has 0 saturated heterocycles. The van der Waals surface area contributed by atoms with Crippen molar-refractivity contribution in [2.24, 2.45) is 0 Å². The highest BCUT2D eigenvalue weighted by Crippen LogP contribution is 1.67. The molecule has 0 nitrogen and oxygen atoms in total. The maximum absolute atomic E-state index is 6.59. The van der Waals surface area contributed by atoms with Crippen molar-refractivity contribution in [2.45, 2.75) is 0 Å². The number of hydrogen-bond donors (Lipinski definition) is 0. The fourth-order valence-electron chi connectivity index (χ4n) is 2.94. The molecule has 0 bridgehead atoms. The van der Waals surface area contributed by atoms with E-state index in [4.69, 9.17) is 12.8 Å². The van der Waals surface area contributed by atoms with Crippen LogP contribution in [0.25, 0.3) is 0 Å². The van der Waals surface area contributed by atoms with Crippen LogP contribution in [-0.4, -0.2) is 0 Å². The molecule has 0 aromatic heterocycles. The molecule has 98 heavy (non-hydrogen) atoms. The lowest BCUT2D eigenvalue weighted by molar-refractivity contribution is 2.31. The number of hydrogen-bond acceptors (Lipinski definition) is 0. The predicted molar refractivity (Wildman–Crippen MR) is 380 cm³/mol. The Kier molecular flexibility index (Phi) is 58.8. The summed E-state index contributed by atoms with van der Waals surface area (Å²) in [7, 11) is 0. The molecule has 0 aliphatic heterocycles. The van der Waals surface area contributed by atoms with E-state index < -0.39 is 0 Å². The molecule has 0 spiro atoms. The molecular weight excluding hydrogens is 1180 g/mol. The van der Waals surface area contributed by atoms with Gasteiger partial charge in [-0.15, -0.1) is 11.8 Å². The summed E-state index contributed by atoms with van der Waals surface area (Å²) < 4.78 is 0. The lowest BCUT2D eigenvalue weighted by atomic mass is 10.4. The monoisotopic (exact) mass is 1180 g/mol. The SMILES string of the molecule is [C-]#CC#CC#CC#CC#CC#CC#CC#CC#CC#CC#CC#CC#CC#CC#CC#CC#CC#CC#CC#CC#CC#CC#CC#CC#CC#CC#CC#CC#CC#CC#CC#CC#CC#CC#CC#CC#CC#CC#CC#CC#CC#CC#CC#CC#CC#CC#CC#CC#[C-]. The maximum Gasteiger partial charge on any atom is 0 e. The summed E-state index contributed by atoms with van der Waals surface area (Å²) >= 11 is 0. The van der Waals surface area contributed by atoms with E-state index in [1.54, 1.807) is 0 Å². The Bertz CT molecular complexity index is 6500. The van der Waals surface area contributed by atoms with Crippen molar-refractivity contribution in [1.29, 1.82) is 0 Å². The van der Waals surface area contributed by atoms with Crippen molar-refractivity contribution in [3.8, 4) is 568 Å².